The van der Waals surface area contributed by atoms with Crippen LogP contribution in [0.15, 0.2) is 36.7 Å². The molecule has 5 nitrogen and oxygen atoms in total. The van der Waals surface area contributed by atoms with Crippen molar-refractivity contribution in [2.75, 3.05) is 0 Å². The molecule has 0 saturated carbocycles. The van der Waals surface area contributed by atoms with Gasteiger partial charge in [0.1, 0.15) is 5.69 Å². The van der Waals surface area contributed by atoms with E-state index in [1.807, 2.05) is 25.1 Å². The first kappa shape index (κ1) is 11.4. The zero-order chi connectivity index (χ0) is 13.2. The average molecular weight is 250 g/mol. The van der Waals surface area contributed by atoms with Gasteiger partial charge in [0.2, 0.25) is 0 Å². The summed E-state index contributed by atoms with van der Waals surface area (Å²) in [5.41, 5.74) is 3.54. The Bertz CT molecular complexity index is 770. The number of aldehydes is 1. The predicted octanol–water partition coefficient (Wildman–Crippen LogP) is 2.21. The maximum Gasteiger partial charge on any atom is 0.168 e. The third-order valence-corrected chi connectivity index (χ3v) is 2.72. The van der Waals surface area contributed by atoms with Crippen molar-refractivity contribution in [1.82, 2.24) is 19.9 Å². The van der Waals surface area contributed by atoms with E-state index in [2.05, 4.69) is 19.9 Å². The average Bonchev–Trinajstić information content (AvgIpc) is 2.46. The minimum atomic E-state index is 0.377. The Morgan fingerprint density at radius 3 is 2.58 bits per heavy atom. The Labute approximate surface area is 109 Å². The summed E-state index contributed by atoms with van der Waals surface area (Å²) in [6, 6.07) is 7.26. The maximum atomic E-state index is 10.8. The molecule has 0 aliphatic rings. The van der Waals surface area contributed by atoms with Crippen molar-refractivity contribution in [2.24, 2.45) is 0 Å². The number of hydrogen-bond donors (Lipinski definition) is 0. The minimum absolute atomic E-state index is 0.377. The number of nitrogens with zero attached hydrogens (tertiary/aromatic N) is 4. The summed E-state index contributed by atoms with van der Waals surface area (Å²) >= 11 is 0. The SMILES string of the molecule is Cc1cc(C=O)nc(-c2ccc3nccnc3c2)n1. The molecule has 0 radical (unpaired) electrons. The second-order valence-electron chi connectivity index (χ2n) is 4.14. The van der Waals surface area contributed by atoms with Crippen LogP contribution in [0.4, 0.5) is 0 Å². The molecule has 3 rings (SSSR count). The molecule has 19 heavy (non-hydrogen) atoms. The number of carbonyl (C=O) groups excluding carboxylic acids is 1. The van der Waals surface area contributed by atoms with Crippen molar-refractivity contribution < 1.29 is 4.79 Å². The van der Waals surface area contributed by atoms with Gasteiger partial charge >= 0.3 is 0 Å². The van der Waals surface area contributed by atoms with Crippen LogP contribution in [0.5, 0.6) is 0 Å². The number of aryl methyl sites for hydroxylation is 1. The van der Waals surface area contributed by atoms with Gasteiger partial charge in [-0.1, -0.05) is 0 Å². The molecule has 5 heteroatoms. The highest BCUT2D eigenvalue weighted by Gasteiger charge is 2.06. The molecule has 0 aliphatic heterocycles. The summed E-state index contributed by atoms with van der Waals surface area (Å²) in [4.78, 5) is 27.8. The largest absolute Gasteiger partial charge is 0.296 e. The molecule has 0 aliphatic carbocycles. The van der Waals surface area contributed by atoms with Crippen LogP contribution >= 0.6 is 0 Å². The van der Waals surface area contributed by atoms with E-state index in [-0.39, 0.29) is 0 Å². The van der Waals surface area contributed by atoms with Gasteiger partial charge in [0.05, 0.1) is 11.0 Å². The molecule has 0 unspecified atom stereocenters. The first-order chi connectivity index (χ1) is 9.26. The van der Waals surface area contributed by atoms with Gasteiger partial charge in [-0.25, -0.2) is 9.97 Å². The van der Waals surface area contributed by atoms with Gasteiger partial charge in [0.15, 0.2) is 12.1 Å². The summed E-state index contributed by atoms with van der Waals surface area (Å²) in [6.07, 6.45) is 4.01. The smallest absolute Gasteiger partial charge is 0.168 e. The Kier molecular flexibility index (Phi) is 2.72. The molecule has 0 saturated heterocycles. The topological polar surface area (TPSA) is 68.6 Å². The highest BCUT2D eigenvalue weighted by atomic mass is 16.1. The third kappa shape index (κ3) is 2.18. The number of rotatable bonds is 2. The first-order valence-electron chi connectivity index (χ1n) is 5.78. The van der Waals surface area contributed by atoms with Crippen LogP contribution in [-0.4, -0.2) is 26.2 Å². The second-order valence-corrected chi connectivity index (χ2v) is 4.14. The van der Waals surface area contributed by atoms with Gasteiger partial charge in [0, 0.05) is 23.7 Å². The number of aromatic nitrogens is 4. The highest BCUT2D eigenvalue weighted by Crippen LogP contribution is 2.19. The van der Waals surface area contributed by atoms with E-state index in [0.29, 0.717) is 11.5 Å². The van der Waals surface area contributed by atoms with E-state index in [4.69, 9.17) is 0 Å². The van der Waals surface area contributed by atoms with E-state index in [1.165, 1.54) is 0 Å². The number of hydrogen-bond acceptors (Lipinski definition) is 5. The van der Waals surface area contributed by atoms with Crippen LogP contribution in [-0.2, 0) is 0 Å². The van der Waals surface area contributed by atoms with Crippen molar-refractivity contribution in [3.05, 3.63) is 48.0 Å². The van der Waals surface area contributed by atoms with E-state index in [1.54, 1.807) is 18.5 Å². The molecule has 0 bridgehead atoms. The standard InChI is InChI=1S/C14H10N4O/c1-9-6-11(8-19)18-14(17-9)10-2-3-12-13(7-10)16-5-4-15-12/h2-8H,1H3. The van der Waals surface area contributed by atoms with Crippen molar-refractivity contribution in [1.29, 1.82) is 0 Å². The van der Waals surface area contributed by atoms with Crippen LogP contribution in [0.1, 0.15) is 16.2 Å². The Morgan fingerprint density at radius 1 is 1.00 bits per heavy atom. The fourth-order valence-electron chi connectivity index (χ4n) is 1.88. The van der Waals surface area contributed by atoms with Crippen LogP contribution < -0.4 is 0 Å². The molecule has 1 aromatic carbocycles. The molecular weight excluding hydrogens is 240 g/mol. The lowest BCUT2D eigenvalue weighted by Crippen LogP contribution is -1.97. The summed E-state index contributed by atoms with van der Waals surface area (Å²) in [5, 5.41) is 0. The molecule has 0 atom stereocenters. The maximum absolute atomic E-state index is 10.8. The van der Waals surface area contributed by atoms with Gasteiger partial charge in [-0.2, -0.15) is 0 Å². The quantitative estimate of drug-likeness (QED) is 0.652. The Balaban J connectivity index is 2.18. The fraction of sp³-hybridized carbons (Fsp3) is 0.0714. The van der Waals surface area contributed by atoms with Crippen molar-refractivity contribution in [2.45, 2.75) is 6.92 Å². The zero-order valence-electron chi connectivity index (χ0n) is 10.2. The van der Waals surface area contributed by atoms with Crippen LogP contribution in [0, 0.1) is 6.92 Å². The van der Waals surface area contributed by atoms with E-state index in [0.717, 1.165) is 28.6 Å². The molecule has 3 aromatic rings. The van der Waals surface area contributed by atoms with Crippen molar-refractivity contribution >= 4 is 17.3 Å². The molecule has 0 N–H and O–H groups in total. The van der Waals surface area contributed by atoms with Gasteiger partial charge in [-0.05, 0) is 31.2 Å². The van der Waals surface area contributed by atoms with Gasteiger partial charge in [-0.3, -0.25) is 14.8 Å². The highest BCUT2D eigenvalue weighted by molar-refractivity contribution is 5.80. The summed E-state index contributed by atoms with van der Waals surface area (Å²) < 4.78 is 0. The molecule has 0 fully saturated rings. The first-order valence-corrected chi connectivity index (χ1v) is 5.78. The lowest BCUT2D eigenvalue weighted by atomic mass is 10.1. The summed E-state index contributed by atoms with van der Waals surface area (Å²) in [6.45, 7) is 1.83. The molecule has 0 amide bonds. The lowest BCUT2D eigenvalue weighted by Gasteiger charge is -2.03. The number of benzene rings is 1. The third-order valence-electron chi connectivity index (χ3n) is 2.72. The molecule has 2 heterocycles. The van der Waals surface area contributed by atoms with E-state index in [9.17, 15) is 4.79 Å². The normalized spacial score (nSPS) is 10.6. The Morgan fingerprint density at radius 2 is 1.79 bits per heavy atom. The number of fused-ring (bicyclic) bond motifs is 1. The second kappa shape index (κ2) is 4.53. The Hall–Kier alpha value is -2.69. The summed E-state index contributed by atoms with van der Waals surface area (Å²) in [5.74, 6) is 0.523. The van der Waals surface area contributed by atoms with Gasteiger partial charge in [-0.15, -0.1) is 0 Å². The van der Waals surface area contributed by atoms with Crippen LogP contribution in [0.2, 0.25) is 0 Å². The predicted molar refractivity (Wildman–Crippen MR) is 70.7 cm³/mol. The number of carbonyl (C=O) groups is 1. The van der Waals surface area contributed by atoms with Gasteiger partial charge < -0.3 is 0 Å². The van der Waals surface area contributed by atoms with E-state index < -0.39 is 0 Å². The van der Waals surface area contributed by atoms with Crippen molar-refractivity contribution in [3.63, 3.8) is 0 Å². The minimum Gasteiger partial charge on any atom is -0.296 e. The monoisotopic (exact) mass is 250 g/mol. The van der Waals surface area contributed by atoms with Crippen LogP contribution in [0.3, 0.4) is 0 Å². The molecule has 0 spiro atoms. The zero-order valence-corrected chi connectivity index (χ0v) is 10.2. The molecular formula is C14H10N4O. The molecule has 2 aromatic heterocycles. The van der Waals surface area contributed by atoms with Crippen LogP contribution in [0.25, 0.3) is 22.4 Å². The molecule has 92 valence electrons. The summed E-state index contributed by atoms with van der Waals surface area (Å²) in [7, 11) is 0. The lowest BCUT2D eigenvalue weighted by molar-refractivity contribution is 0.111. The van der Waals surface area contributed by atoms with Crippen molar-refractivity contribution in [3.8, 4) is 11.4 Å². The van der Waals surface area contributed by atoms with E-state index >= 15 is 0 Å². The fourth-order valence-corrected chi connectivity index (χ4v) is 1.88. The van der Waals surface area contributed by atoms with Gasteiger partial charge in [0.25, 0.3) is 0 Å².